The predicted molar refractivity (Wildman–Crippen MR) is 290 cm³/mol. The van der Waals surface area contributed by atoms with E-state index in [0.717, 1.165) is 56.0 Å². The summed E-state index contributed by atoms with van der Waals surface area (Å²) in [7, 11) is -6.78. The third-order valence-corrected chi connectivity index (χ3v) is 12.8. The number of benzene rings is 4. The Morgan fingerprint density at radius 1 is 0.449 bits per heavy atom. The summed E-state index contributed by atoms with van der Waals surface area (Å²) in [4.78, 5) is 17.2. The molecule has 10 rings (SSSR count). The Bertz CT molecular complexity index is 2820. The summed E-state index contributed by atoms with van der Waals surface area (Å²) in [5.74, 6) is 0. The second-order valence-electron chi connectivity index (χ2n) is 18.6. The van der Waals surface area contributed by atoms with Gasteiger partial charge in [-0.3, -0.25) is 4.98 Å². The van der Waals surface area contributed by atoms with Crippen LogP contribution in [0, 0.1) is 18.2 Å². The average Bonchev–Trinajstić information content (AvgIpc) is 3.78. The van der Waals surface area contributed by atoms with Gasteiger partial charge in [-0.25, -0.2) is 8.42 Å². The molecule has 6 heterocycles. The second kappa shape index (κ2) is 30.1. The van der Waals surface area contributed by atoms with E-state index in [0.29, 0.717) is 0 Å². The molecule has 78 heavy (non-hydrogen) atoms. The third-order valence-electron chi connectivity index (χ3n) is 12.2. The van der Waals surface area contributed by atoms with Crippen molar-refractivity contribution in [3.05, 3.63) is 207 Å². The molecule has 13 nitrogen and oxygen atoms in total. The van der Waals surface area contributed by atoms with E-state index in [2.05, 4.69) is 106 Å². The van der Waals surface area contributed by atoms with Crippen LogP contribution in [0.25, 0.3) is 45.0 Å². The summed E-state index contributed by atoms with van der Waals surface area (Å²) in [5, 5.41) is 0. The molecule has 0 unspecified atom stereocenters. The minimum Gasteiger partial charge on any atom is -0.741 e. The van der Waals surface area contributed by atoms with Gasteiger partial charge in [0.25, 0.3) is 0 Å². The zero-order chi connectivity index (χ0) is 53.6. The molecule has 2 fully saturated rings. The molecule has 4 aromatic heterocycles. The van der Waals surface area contributed by atoms with E-state index >= 15 is 0 Å². The summed E-state index contributed by atoms with van der Waals surface area (Å²) in [5.41, 5.74) is 2.96. The largest absolute Gasteiger partial charge is 0.741 e. The molecule has 21 heteroatoms. The fourth-order valence-electron chi connectivity index (χ4n) is 6.79. The molecule has 2 radical (unpaired) electrons. The molecule has 0 atom stereocenters. The smallest absolute Gasteiger partial charge is 0.494 e. The maximum Gasteiger partial charge on any atom is 0.494 e. The fraction of sp³-hybridized carbons (Fsp3) is 0.228. The number of pyridine rings is 4. The van der Waals surface area contributed by atoms with Crippen LogP contribution in [0.4, 0.5) is 13.2 Å². The van der Waals surface area contributed by atoms with Gasteiger partial charge in [-0.1, -0.05) is 66.7 Å². The quantitative estimate of drug-likeness (QED) is 0.0663. The van der Waals surface area contributed by atoms with Crippen LogP contribution < -0.4 is 10.9 Å². The Balaban J connectivity index is 0.000000343. The summed E-state index contributed by atoms with van der Waals surface area (Å²) in [6.45, 7) is 16.5. The summed E-state index contributed by atoms with van der Waals surface area (Å²) < 4.78 is 83.3. The molecule has 0 amide bonds. The fourth-order valence-corrected chi connectivity index (χ4v) is 6.79. The first kappa shape index (κ1) is 68.5. The van der Waals surface area contributed by atoms with E-state index in [1.54, 1.807) is 24.8 Å². The molecule has 2 saturated heterocycles. The number of nitrogens with zero attached hydrogens (tertiary/aromatic N) is 4. The average molecular weight is 1440 g/mol. The molecular weight excluding hydrogens is 1380 g/mol. The van der Waals surface area contributed by atoms with Crippen molar-refractivity contribution in [2.75, 3.05) is 0 Å². The SMILES string of the molecule is CC1(C)OB(c2cc[c-]c(-c3ccccn3)c2)OC1(C)C.CC1(C)OB(c2cccc(-c3ccccn3)c2)OC1(C)C.O.O.O=S(=O)([O-])C(F)(F)F.[Ir].[Ir].[c-]1ccccc1-c1ccccn1.[c-]1ccccc1-c1ccccn1. The molecule has 8 aromatic rings. The molecule has 0 bridgehead atoms. The Hall–Kier alpha value is -5.63. The normalized spacial score (nSPS) is 15.0. The van der Waals surface area contributed by atoms with Gasteiger partial charge in [0, 0.05) is 65.0 Å². The molecule has 0 saturated carbocycles. The zero-order valence-corrected chi connectivity index (χ0v) is 49.5. The van der Waals surface area contributed by atoms with Crippen LogP contribution in [0.15, 0.2) is 189 Å². The van der Waals surface area contributed by atoms with Crippen LogP contribution in [0.3, 0.4) is 0 Å². The van der Waals surface area contributed by atoms with Gasteiger partial charge < -0.3 is 49.1 Å². The van der Waals surface area contributed by atoms with Crippen molar-refractivity contribution in [1.82, 2.24) is 19.9 Å². The third kappa shape index (κ3) is 19.0. The Labute approximate surface area is 483 Å². The standard InChI is InChI=1S/C17H20BNO2.C17H19BNO2.2C11H8N.CHF3O3S.2Ir.2H2O/c2*1-16(2)17(3,4)21-18(20-16)14-9-7-8-13(12-14)15-10-5-6-11-19-15;2*1-2-6-10(7-3-1)11-8-4-5-9-12-11;2-1(3,4)8(5,6)7;;;;/h5-12H,1-4H3;5-7,9-12H,1-4H3;2*1-6,8-9H;(H,5,6,7);;;2*1H2/q;3*-1;;;;;/p-1. The van der Waals surface area contributed by atoms with Crippen molar-refractivity contribution < 1.29 is 95.9 Å². The first-order valence-electron chi connectivity index (χ1n) is 23.4. The minimum absolute atomic E-state index is 0. The van der Waals surface area contributed by atoms with Crippen LogP contribution in [-0.2, 0) is 68.9 Å². The minimum atomic E-state index is -6.09. The zero-order valence-electron chi connectivity index (χ0n) is 43.9. The Morgan fingerprint density at radius 3 is 1.12 bits per heavy atom. The predicted octanol–water partition coefficient (Wildman–Crippen LogP) is 9.39. The number of halogens is 3. The number of aromatic nitrogens is 4. The topological polar surface area (TPSA) is 209 Å². The Kier molecular flexibility index (Phi) is 26.4. The van der Waals surface area contributed by atoms with Gasteiger partial charge in [-0.2, -0.15) is 13.2 Å². The van der Waals surface area contributed by atoms with Crippen molar-refractivity contribution >= 4 is 35.3 Å². The maximum absolute atomic E-state index is 10.7. The Morgan fingerprint density at radius 2 is 0.782 bits per heavy atom. The molecule has 0 spiro atoms. The van der Waals surface area contributed by atoms with Crippen molar-refractivity contribution in [3.8, 4) is 45.0 Å². The molecule has 4 aromatic carbocycles. The van der Waals surface area contributed by atoms with Gasteiger partial charge in [-0.15, -0.1) is 107 Å². The van der Waals surface area contributed by atoms with Crippen LogP contribution in [-0.4, -0.2) is 86.0 Å². The first-order valence-corrected chi connectivity index (χ1v) is 24.8. The second-order valence-corrected chi connectivity index (χ2v) is 20.0. The molecule has 2 aliphatic rings. The number of alkyl halides is 3. The van der Waals surface area contributed by atoms with Crippen LogP contribution in [0.2, 0.25) is 0 Å². The van der Waals surface area contributed by atoms with E-state index in [4.69, 9.17) is 31.6 Å². The number of rotatable bonds is 6. The van der Waals surface area contributed by atoms with E-state index in [-0.39, 0.29) is 87.8 Å². The van der Waals surface area contributed by atoms with E-state index in [9.17, 15) is 13.2 Å². The van der Waals surface area contributed by atoms with Crippen molar-refractivity contribution in [2.45, 2.75) is 83.3 Å². The van der Waals surface area contributed by atoms with Crippen molar-refractivity contribution in [3.63, 3.8) is 0 Å². The van der Waals surface area contributed by atoms with Gasteiger partial charge >= 0.3 is 19.7 Å². The molecular formula is C57H59B2F3Ir2N4O9S-4. The number of hydrogen-bond donors (Lipinski definition) is 0. The summed E-state index contributed by atoms with van der Waals surface area (Å²) >= 11 is 0. The molecule has 0 aliphatic carbocycles. The van der Waals surface area contributed by atoms with Crippen molar-refractivity contribution in [2.24, 2.45) is 0 Å². The van der Waals surface area contributed by atoms with Gasteiger partial charge in [0.15, 0.2) is 10.1 Å². The van der Waals surface area contributed by atoms with Gasteiger partial charge in [0.05, 0.1) is 28.1 Å². The monoisotopic (exact) mass is 1440 g/mol. The summed E-state index contributed by atoms with van der Waals surface area (Å²) in [6.07, 6.45) is 7.16. The van der Waals surface area contributed by atoms with Crippen molar-refractivity contribution in [1.29, 1.82) is 0 Å². The molecule has 416 valence electrons. The molecule has 2 aliphatic heterocycles. The van der Waals surface area contributed by atoms with Gasteiger partial charge in [-0.05, 0) is 114 Å². The van der Waals surface area contributed by atoms with Gasteiger partial charge in [0.1, 0.15) is 0 Å². The van der Waals surface area contributed by atoms with Crippen LogP contribution in [0.5, 0.6) is 0 Å². The van der Waals surface area contributed by atoms with Gasteiger partial charge in [0.2, 0.25) is 0 Å². The number of hydrogen-bond acceptors (Lipinski definition) is 11. The summed E-state index contributed by atoms with van der Waals surface area (Å²) in [6, 6.07) is 62.7. The van der Waals surface area contributed by atoms with E-state index in [1.165, 1.54) is 0 Å². The van der Waals surface area contributed by atoms with Crippen LogP contribution in [0.1, 0.15) is 55.4 Å². The molecule has 4 N–H and O–H groups in total. The van der Waals surface area contributed by atoms with E-state index < -0.39 is 15.6 Å². The first-order chi connectivity index (χ1) is 35.0. The van der Waals surface area contributed by atoms with Crippen LogP contribution >= 0.6 is 0 Å². The maximum atomic E-state index is 10.7. The van der Waals surface area contributed by atoms with E-state index in [1.807, 2.05) is 152 Å².